The molecule has 18 heavy (non-hydrogen) atoms. The molecule has 100 valence electrons. The molecule has 0 saturated carbocycles. The average molecular weight is 253 g/mol. The molecule has 2 unspecified atom stereocenters. The number of carboxylic acids is 1. The van der Waals surface area contributed by atoms with Crippen molar-refractivity contribution >= 4 is 5.97 Å². The third-order valence-corrected chi connectivity index (χ3v) is 3.58. The van der Waals surface area contributed by atoms with Crippen LogP contribution in [-0.4, -0.2) is 48.8 Å². The van der Waals surface area contributed by atoms with Crippen molar-refractivity contribution in [1.29, 1.82) is 0 Å². The fourth-order valence-corrected chi connectivity index (χ4v) is 2.47. The number of hydrogen-bond acceptors (Lipinski definition) is 5. The van der Waals surface area contributed by atoms with Gasteiger partial charge in [0, 0.05) is 0 Å². The Kier molecular flexibility index (Phi) is 3.90. The smallest absolute Gasteiger partial charge is 0.320 e. The molecule has 1 saturated heterocycles. The highest BCUT2D eigenvalue weighted by Gasteiger charge is 2.33. The number of piperidine rings is 1. The standard InChI is InChI=1S/C11H19N5O2/c1-3-8-4-5-16(9(6-8)11(17)18)7-10-12-14-15(2)13-10/h8-9H,3-7H2,1-2H3,(H,17,18). The zero-order valence-electron chi connectivity index (χ0n) is 10.8. The van der Waals surface area contributed by atoms with Gasteiger partial charge in [-0.2, -0.15) is 4.80 Å². The first kappa shape index (κ1) is 12.9. The summed E-state index contributed by atoms with van der Waals surface area (Å²) in [6.07, 6.45) is 2.80. The van der Waals surface area contributed by atoms with Crippen molar-refractivity contribution in [2.75, 3.05) is 6.54 Å². The van der Waals surface area contributed by atoms with E-state index in [-0.39, 0.29) is 0 Å². The molecule has 7 heteroatoms. The number of likely N-dealkylation sites (tertiary alicyclic amines) is 1. The van der Waals surface area contributed by atoms with Gasteiger partial charge in [-0.1, -0.05) is 13.3 Å². The van der Waals surface area contributed by atoms with Crippen LogP contribution in [0.1, 0.15) is 32.0 Å². The second kappa shape index (κ2) is 5.43. The zero-order valence-corrected chi connectivity index (χ0v) is 10.8. The predicted molar refractivity (Wildman–Crippen MR) is 63.6 cm³/mol. The van der Waals surface area contributed by atoms with Gasteiger partial charge < -0.3 is 5.11 Å². The Morgan fingerprint density at radius 1 is 1.56 bits per heavy atom. The summed E-state index contributed by atoms with van der Waals surface area (Å²) >= 11 is 0. The molecule has 0 bridgehead atoms. The van der Waals surface area contributed by atoms with Crippen molar-refractivity contribution in [2.45, 2.75) is 38.8 Å². The Hall–Kier alpha value is -1.50. The van der Waals surface area contributed by atoms with Crippen molar-refractivity contribution in [3.63, 3.8) is 0 Å². The minimum absolute atomic E-state index is 0.424. The van der Waals surface area contributed by atoms with E-state index >= 15 is 0 Å². The van der Waals surface area contributed by atoms with E-state index in [0.717, 1.165) is 19.4 Å². The van der Waals surface area contributed by atoms with E-state index in [1.165, 1.54) is 4.80 Å². The van der Waals surface area contributed by atoms with E-state index in [9.17, 15) is 9.90 Å². The molecular formula is C11H19N5O2. The number of aliphatic carboxylic acids is 1. The fourth-order valence-electron chi connectivity index (χ4n) is 2.47. The second-order valence-corrected chi connectivity index (χ2v) is 4.82. The first-order valence-electron chi connectivity index (χ1n) is 6.30. The van der Waals surface area contributed by atoms with Gasteiger partial charge in [-0.3, -0.25) is 9.69 Å². The molecule has 1 aliphatic rings. The second-order valence-electron chi connectivity index (χ2n) is 4.82. The highest BCUT2D eigenvalue weighted by Crippen LogP contribution is 2.26. The lowest BCUT2D eigenvalue weighted by molar-refractivity contribution is -0.145. The summed E-state index contributed by atoms with van der Waals surface area (Å²) in [4.78, 5) is 14.6. The van der Waals surface area contributed by atoms with E-state index < -0.39 is 12.0 Å². The van der Waals surface area contributed by atoms with Crippen LogP contribution in [0.4, 0.5) is 0 Å². The molecule has 1 aromatic rings. The van der Waals surface area contributed by atoms with Crippen molar-refractivity contribution < 1.29 is 9.90 Å². The molecule has 0 aromatic carbocycles. The molecule has 2 atom stereocenters. The van der Waals surface area contributed by atoms with Crippen LogP contribution in [-0.2, 0) is 18.4 Å². The molecule has 2 heterocycles. The summed E-state index contributed by atoms with van der Waals surface area (Å²) in [7, 11) is 1.70. The van der Waals surface area contributed by atoms with Crippen LogP contribution in [0, 0.1) is 5.92 Å². The minimum Gasteiger partial charge on any atom is -0.480 e. The summed E-state index contributed by atoms with van der Waals surface area (Å²) < 4.78 is 0. The Labute approximate surface area is 106 Å². The normalized spacial score (nSPS) is 25.2. The van der Waals surface area contributed by atoms with Crippen LogP contribution in [0.15, 0.2) is 0 Å². The molecule has 7 nitrogen and oxygen atoms in total. The molecule has 0 spiro atoms. The molecule has 1 N–H and O–H groups in total. The van der Waals surface area contributed by atoms with Crippen molar-refractivity contribution in [1.82, 2.24) is 25.1 Å². The third-order valence-electron chi connectivity index (χ3n) is 3.58. The molecular weight excluding hydrogens is 234 g/mol. The van der Waals surface area contributed by atoms with Gasteiger partial charge in [-0.25, -0.2) is 0 Å². The molecule has 1 aromatic heterocycles. The fraction of sp³-hybridized carbons (Fsp3) is 0.818. The number of carboxylic acid groups (broad SMARTS) is 1. The first-order chi connectivity index (χ1) is 8.60. The van der Waals surface area contributed by atoms with Gasteiger partial charge in [0.1, 0.15) is 6.04 Å². The Morgan fingerprint density at radius 2 is 2.33 bits per heavy atom. The van der Waals surface area contributed by atoms with Crippen LogP contribution >= 0.6 is 0 Å². The summed E-state index contributed by atoms with van der Waals surface area (Å²) in [6.45, 7) is 3.36. The van der Waals surface area contributed by atoms with Gasteiger partial charge >= 0.3 is 5.97 Å². The maximum Gasteiger partial charge on any atom is 0.320 e. The van der Waals surface area contributed by atoms with Crippen LogP contribution in [0.3, 0.4) is 0 Å². The average Bonchev–Trinajstić information content (AvgIpc) is 2.75. The maximum atomic E-state index is 11.3. The molecule has 0 aliphatic carbocycles. The Morgan fingerprint density at radius 3 is 2.89 bits per heavy atom. The summed E-state index contributed by atoms with van der Waals surface area (Å²) in [5.74, 6) is 0.341. The number of carbonyl (C=O) groups is 1. The first-order valence-corrected chi connectivity index (χ1v) is 6.30. The van der Waals surface area contributed by atoms with Crippen LogP contribution in [0.5, 0.6) is 0 Å². The monoisotopic (exact) mass is 253 g/mol. The SMILES string of the molecule is CCC1CCN(Cc2nnn(C)n2)C(C(=O)O)C1. The zero-order chi connectivity index (χ0) is 13.1. The summed E-state index contributed by atoms with van der Waals surface area (Å²) in [5.41, 5.74) is 0. The number of rotatable bonds is 4. The number of aromatic nitrogens is 4. The number of hydrogen-bond donors (Lipinski definition) is 1. The molecule has 0 radical (unpaired) electrons. The number of nitrogens with zero attached hydrogens (tertiary/aromatic N) is 5. The largest absolute Gasteiger partial charge is 0.480 e. The van der Waals surface area contributed by atoms with E-state index in [0.29, 0.717) is 24.7 Å². The van der Waals surface area contributed by atoms with E-state index in [2.05, 4.69) is 22.3 Å². The topological polar surface area (TPSA) is 84.1 Å². The maximum absolute atomic E-state index is 11.3. The number of tetrazole rings is 1. The Balaban J connectivity index is 2.04. The van der Waals surface area contributed by atoms with Gasteiger partial charge in [-0.15, -0.1) is 10.2 Å². The van der Waals surface area contributed by atoms with E-state index in [4.69, 9.17) is 0 Å². The molecule has 2 rings (SSSR count). The van der Waals surface area contributed by atoms with Crippen molar-refractivity contribution in [3.8, 4) is 0 Å². The molecule has 1 fully saturated rings. The van der Waals surface area contributed by atoms with Crippen LogP contribution < -0.4 is 0 Å². The molecule has 0 amide bonds. The van der Waals surface area contributed by atoms with Gasteiger partial charge in [0.2, 0.25) is 0 Å². The summed E-state index contributed by atoms with van der Waals surface area (Å²) in [5, 5.41) is 21.1. The Bertz CT molecular complexity index is 419. The lowest BCUT2D eigenvalue weighted by Gasteiger charge is -2.36. The number of aryl methyl sites for hydroxylation is 1. The lowest BCUT2D eigenvalue weighted by atomic mass is 9.89. The van der Waals surface area contributed by atoms with Gasteiger partial charge in [-0.05, 0) is 30.5 Å². The van der Waals surface area contributed by atoms with Gasteiger partial charge in [0.05, 0.1) is 13.6 Å². The summed E-state index contributed by atoms with van der Waals surface area (Å²) in [6, 6.07) is -0.424. The van der Waals surface area contributed by atoms with Gasteiger partial charge in [0.15, 0.2) is 5.82 Å². The predicted octanol–water partition coefficient (Wildman–Crippen LogP) is 0.285. The van der Waals surface area contributed by atoms with Crippen LogP contribution in [0.2, 0.25) is 0 Å². The highest BCUT2D eigenvalue weighted by atomic mass is 16.4. The van der Waals surface area contributed by atoms with E-state index in [1.807, 2.05) is 4.90 Å². The quantitative estimate of drug-likeness (QED) is 0.830. The van der Waals surface area contributed by atoms with Crippen molar-refractivity contribution in [2.24, 2.45) is 13.0 Å². The van der Waals surface area contributed by atoms with Crippen LogP contribution in [0.25, 0.3) is 0 Å². The minimum atomic E-state index is -0.753. The lowest BCUT2D eigenvalue weighted by Crippen LogP contribution is -2.46. The van der Waals surface area contributed by atoms with E-state index in [1.54, 1.807) is 7.05 Å². The molecule has 1 aliphatic heterocycles. The highest BCUT2D eigenvalue weighted by molar-refractivity contribution is 5.73. The van der Waals surface area contributed by atoms with Crippen molar-refractivity contribution in [3.05, 3.63) is 5.82 Å². The van der Waals surface area contributed by atoms with Gasteiger partial charge in [0.25, 0.3) is 0 Å². The third kappa shape index (κ3) is 2.84.